The molecule has 2 nitrogen and oxygen atoms in total. The molecule has 21 heavy (non-hydrogen) atoms. The number of hydrogen-bond donors (Lipinski definition) is 2. The molecule has 0 aromatic heterocycles. The molecule has 2 aromatic rings. The molecule has 0 saturated heterocycles. The van der Waals surface area contributed by atoms with Crippen molar-refractivity contribution in [1.29, 1.82) is 0 Å². The van der Waals surface area contributed by atoms with E-state index in [0.717, 1.165) is 18.7 Å². The van der Waals surface area contributed by atoms with Gasteiger partial charge >= 0.3 is 6.18 Å². The average molecular weight is 296 g/mol. The number of rotatable bonds is 3. The van der Waals surface area contributed by atoms with Crippen LogP contribution in [0.15, 0.2) is 54.6 Å². The molecule has 114 valence electrons. The quantitative estimate of drug-likeness (QED) is 0.889. The maximum Gasteiger partial charge on any atom is 0.416 e. The Balaban J connectivity index is 0.000000219. The lowest BCUT2D eigenvalue weighted by Gasteiger charge is -2.06. The fraction of sp³-hybridized carbons (Fsp3) is 0.250. The normalized spacial score (nSPS) is 10.5. The van der Waals surface area contributed by atoms with Crippen LogP contribution in [0.4, 0.5) is 18.9 Å². The van der Waals surface area contributed by atoms with Crippen molar-refractivity contribution in [1.82, 2.24) is 5.32 Å². The van der Waals surface area contributed by atoms with Crippen molar-refractivity contribution in [3.63, 3.8) is 0 Å². The van der Waals surface area contributed by atoms with Crippen molar-refractivity contribution in [2.45, 2.75) is 12.7 Å². The smallest absolute Gasteiger partial charge is 0.388 e. The zero-order valence-electron chi connectivity index (χ0n) is 12.0. The van der Waals surface area contributed by atoms with Gasteiger partial charge in [0, 0.05) is 19.3 Å². The monoisotopic (exact) mass is 296 g/mol. The summed E-state index contributed by atoms with van der Waals surface area (Å²) in [4.78, 5) is 0. The van der Waals surface area contributed by atoms with E-state index in [4.69, 9.17) is 0 Å². The van der Waals surface area contributed by atoms with Crippen LogP contribution in [0, 0.1) is 0 Å². The molecule has 2 N–H and O–H groups in total. The summed E-state index contributed by atoms with van der Waals surface area (Å²) in [5, 5.41) is 5.82. The van der Waals surface area contributed by atoms with Gasteiger partial charge in [0.05, 0.1) is 5.56 Å². The van der Waals surface area contributed by atoms with E-state index in [1.54, 1.807) is 7.05 Å². The molecule has 2 aromatic carbocycles. The van der Waals surface area contributed by atoms with E-state index in [0.29, 0.717) is 5.69 Å². The minimum atomic E-state index is -4.24. The first kappa shape index (κ1) is 17.0. The summed E-state index contributed by atoms with van der Waals surface area (Å²) in [6.07, 6.45) is -4.24. The molecule has 0 amide bonds. The largest absolute Gasteiger partial charge is 0.416 e. The summed E-state index contributed by atoms with van der Waals surface area (Å²) < 4.78 is 36.0. The third-order valence-electron chi connectivity index (χ3n) is 2.72. The Morgan fingerprint density at radius 3 is 1.86 bits per heavy atom. The van der Waals surface area contributed by atoms with Gasteiger partial charge in [-0.05, 0) is 36.9 Å². The second kappa shape index (κ2) is 8.32. The Morgan fingerprint density at radius 1 is 0.857 bits per heavy atom. The van der Waals surface area contributed by atoms with Crippen LogP contribution in [-0.4, -0.2) is 14.1 Å². The van der Waals surface area contributed by atoms with Crippen LogP contribution in [0.25, 0.3) is 0 Å². The second-order valence-corrected chi connectivity index (χ2v) is 4.34. The summed E-state index contributed by atoms with van der Waals surface area (Å²) in [6, 6.07) is 15.2. The van der Waals surface area contributed by atoms with Crippen molar-refractivity contribution in [3.8, 4) is 0 Å². The van der Waals surface area contributed by atoms with Gasteiger partial charge in [-0.3, -0.25) is 0 Å². The van der Waals surface area contributed by atoms with Gasteiger partial charge in [-0.1, -0.05) is 30.3 Å². The summed E-state index contributed by atoms with van der Waals surface area (Å²) in [5.41, 5.74) is 1.38. The van der Waals surface area contributed by atoms with Gasteiger partial charge in [-0.2, -0.15) is 13.2 Å². The maximum atomic E-state index is 12.0. The van der Waals surface area contributed by atoms with Crippen molar-refractivity contribution in [2.24, 2.45) is 0 Å². The van der Waals surface area contributed by atoms with Crippen molar-refractivity contribution >= 4 is 5.69 Å². The predicted molar refractivity (Wildman–Crippen MR) is 80.2 cm³/mol. The Kier molecular flexibility index (Phi) is 6.75. The summed E-state index contributed by atoms with van der Waals surface area (Å²) in [7, 11) is 3.61. The minimum absolute atomic E-state index is 0.624. The third kappa shape index (κ3) is 6.31. The molecule has 0 radical (unpaired) electrons. The van der Waals surface area contributed by atoms with Gasteiger partial charge in [0.25, 0.3) is 0 Å². The number of alkyl halides is 3. The van der Waals surface area contributed by atoms with Crippen LogP contribution in [0.1, 0.15) is 11.1 Å². The highest BCUT2D eigenvalue weighted by Crippen LogP contribution is 2.29. The summed E-state index contributed by atoms with van der Waals surface area (Å²) in [6.45, 7) is 0.959. The summed E-state index contributed by atoms with van der Waals surface area (Å²) >= 11 is 0. The Bertz CT molecular complexity index is 507. The molecule has 5 heteroatoms. The van der Waals surface area contributed by atoms with Crippen LogP contribution >= 0.6 is 0 Å². The van der Waals surface area contributed by atoms with Crippen LogP contribution in [0.2, 0.25) is 0 Å². The Labute approximate surface area is 123 Å². The molecule has 0 aliphatic rings. The van der Waals surface area contributed by atoms with E-state index >= 15 is 0 Å². The first-order valence-electron chi connectivity index (χ1n) is 6.51. The molecule has 0 atom stereocenters. The fourth-order valence-corrected chi connectivity index (χ4v) is 1.63. The summed E-state index contributed by atoms with van der Waals surface area (Å²) in [5.74, 6) is 0. The van der Waals surface area contributed by atoms with E-state index in [9.17, 15) is 13.2 Å². The first-order chi connectivity index (χ1) is 9.97. The number of anilines is 1. The van der Waals surface area contributed by atoms with E-state index in [-0.39, 0.29) is 0 Å². The van der Waals surface area contributed by atoms with Crippen LogP contribution in [-0.2, 0) is 12.7 Å². The molecule has 0 bridgehead atoms. The number of nitrogens with one attached hydrogen (secondary N) is 2. The number of halogens is 3. The van der Waals surface area contributed by atoms with Gasteiger partial charge in [0.2, 0.25) is 0 Å². The number of benzene rings is 2. The third-order valence-corrected chi connectivity index (χ3v) is 2.72. The van der Waals surface area contributed by atoms with Crippen molar-refractivity contribution < 1.29 is 13.2 Å². The SMILES string of the molecule is CNCc1ccccc1.CNc1ccc(C(F)(F)F)cc1. The zero-order chi connectivity index (χ0) is 15.7. The highest BCUT2D eigenvalue weighted by atomic mass is 19.4. The van der Waals surface area contributed by atoms with Crippen molar-refractivity contribution in [3.05, 3.63) is 65.7 Å². The molecular weight excluding hydrogens is 277 g/mol. The average Bonchev–Trinajstić information content (AvgIpc) is 2.48. The Hall–Kier alpha value is -2.01. The molecule has 0 aliphatic heterocycles. The van der Waals surface area contributed by atoms with Gasteiger partial charge in [-0.25, -0.2) is 0 Å². The molecule has 0 unspecified atom stereocenters. The standard InChI is InChI=1S/C8H8F3N.C8H11N/c1-12-7-4-2-6(3-5-7)8(9,10)11;1-9-7-8-5-3-2-4-6-8/h2-5,12H,1H3;2-6,9H,7H2,1H3. The van der Waals surface area contributed by atoms with E-state index < -0.39 is 11.7 Å². The highest BCUT2D eigenvalue weighted by molar-refractivity contribution is 5.44. The molecule has 0 spiro atoms. The van der Waals surface area contributed by atoms with E-state index in [1.807, 2.05) is 25.2 Å². The first-order valence-corrected chi connectivity index (χ1v) is 6.51. The zero-order valence-corrected chi connectivity index (χ0v) is 12.0. The molecule has 0 heterocycles. The van der Waals surface area contributed by atoms with Crippen molar-refractivity contribution in [2.75, 3.05) is 19.4 Å². The van der Waals surface area contributed by atoms with Crippen LogP contribution in [0.3, 0.4) is 0 Å². The lowest BCUT2D eigenvalue weighted by Crippen LogP contribution is -2.04. The molecule has 2 rings (SSSR count). The van der Waals surface area contributed by atoms with Gasteiger partial charge in [0.1, 0.15) is 0 Å². The number of hydrogen-bond acceptors (Lipinski definition) is 2. The predicted octanol–water partition coefficient (Wildman–Crippen LogP) is 4.15. The second-order valence-electron chi connectivity index (χ2n) is 4.34. The van der Waals surface area contributed by atoms with Crippen LogP contribution < -0.4 is 10.6 Å². The molecule has 0 aliphatic carbocycles. The van der Waals surface area contributed by atoms with Gasteiger partial charge in [-0.15, -0.1) is 0 Å². The van der Waals surface area contributed by atoms with Gasteiger partial charge in [0.15, 0.2) is 0 Å². The highest BCUT2D eigenvalue weighted by Gasteiger charge is 2.29. The van der Waals surface area contributed by atoms with E-state index in [2.05, 4.69) is 22.8 Å². The molecule has 0 saturated carbocycles. The lowest BCUT2D eigenvalue weighted by molar-refractivity contribution is -0.137. The fourth-order valence-electron chi connectivity index (χ4n) is 1.63. The van der Waals surface area contributed by atoms with E-state index in [1.165, 1.54) is 17.7 Å². The van der Waals surface area contributed by atoms with Crippen LogP contribution in [0.5, 0.6) is 0 Å². The minimum Gasteiger partial charge on any atom is -0.388 e. The maximum absolute atomic E-state index is 12.0. The van der Waals surface area contributed by atoms with Gasteiger partial charge < -0.3 is 10.6 Å². The molecule has 0 fully saturated rings. The topological polar surface area (TPSA) is 24.1 Å². The molecular formula is C16H19F3N2. The Morgan fingerprint density at radius 2 is 1.43 bits per heavy atom. The lowest BCUT2D eigenvalue weighted by atomic mass is 10.2.